The second-order valence-corrected chi connectivity index (χ2v) is 7.92. The van der Waals surface area contributed by atoms with E-state index in [2.05, 4.69) is 44.0 Å². The van der Waals surface area contributed by atoms with Crippen molar-refractivity contribution in [1.82, 2.24) is 14.9 Å². The number of carbonyl (C=O) groups excluding carboxylic acids is 1. The van der Waals surface area contributed by atoms with Crippen molar-refractivity contribution in [1.29, 1.82) is 0 Å². The Labute approximate surface area is 165 Å². The van der Waals surface area contributed by atoms with E-state index >= 15 is 0 Å². The highest BCUT2D eigenvalue weighted by molar-refractivity contribution is 5.92. The first-order valence-electron chi connectivity index (χ1n) is 10.0. The monoisotopic (exact) mass is 372 g/mol. The van der Waals surface area contributed by atoms with E-state index in [4.69, 9.17) is 0 Å². The van der Waals surface area contributed by atoms with Gasteiger partial charge in [-0.15, -0.1) is 0 Å². The number of pyridine rings is 2. The summed E-state index contributed by atoms with van der Waals surface area (Å²) in [5, 5.41) is 1.16. The zero-order valence-corrected chi connectivity index (χ0v) is 16.1. The van der Waals surface area contributed by atoms with Crippen LogP contribution in [0.4, 0.5) is 5.69 Å². The SMILES string of the molecule is Cc1cc(N2C[C@@H]3CC[C@H](C2)N(Cc2ccccn2)C3=O)c2ccccc2n1. The molecule has 3 saturated heterocycles. The first kappa shape index (κ1) is 17.2. The number of amides is 1. The van der Waals surface area contributed by atoms with Crippen LogP contribution in [0.25, 0.3) is 10.9 Å². The first-order valence-corrected chi connectivity index (χ1v) is 10.0. The van der Waals surface area contributed by atoms with Gasteiger partial charge in [0, 0.05) is 42.1 Å². The summed E-state index contributed by atoms with van der Waals surface area (Å²) in [5.74, 6) is 0.328. The van der Waals surface area contributed by atoms with E-state index in [9.17, 15) is 4.79 Å². The van der Waals surface area contributed by atoms with E-state index in [1.807, 2.05) is 31.2 Å². The van der Waals surface area contributed by atoms with Crippen molar-refractivity contribution < 1.29 is 4.79 Å². The smallest absolute Gasteiger partial charge is 0.228 e. The highest BCUT2D eigenvalue weighted by atomic mass is 16.2. The molecule has 1 amide bonds. The summed E-state index contributed by atoms with van der Waals surface area (Å²) in [6.45, 7) is 4.29. The van der Waals surface area contributed by atoms with Crippen molar-refractivity contribution in [3.8, 4) is 0 Å². The van der Waals surface area contributed by atoms with E-state index in [0.717, 1.165) is 48.2 Å². The molecule has 0 saturated carbocycles. The molecule has 2 aromatic heterocycles. The van der Waals surface area contributed by atoms with Gasteiger partial charge in [0.2, 0.25) is 5.91 Å². The lowest BCUT2D eigenvalue weighted by molar-refractivity contribution is -0.140. The number of benzene rings is 1. The third-order valence-corrected chi connectivity index (χ3v) is 6.01. The summed E-state index contributed by atoms with van der Waals surface area (Å²) < 4.78 is 0. The first-order chi connectivity index (χ1) is 13.7. The average molecular weight is 372 g/mol. The molecule has 0 radical (unpaired) electrons. The Bertz CT molecular complexity index is 1020. The minimum atomic E-state index is 0.0506. The molecule has 28 heavy (non-hydrogen) atoms. The maximum absolute atomic E-state index is 13.2. The number of anilines is 1. The molecular formula is C23H24N4O. The van der Waals surface area contributed by atoms with Crippen LogP contribution in [-0.2, 0) is 11.3 Å². The zero-order chi connectivity index (χ0) is 19.1. The molecule has 3 aliphatic heterocycles. The number of fused-ring (bicyclic) bond motifs is 5. The van der Waals surface area contributed by atoms with Crippen LogP contribution in [-0.4, -0.2) is 39.9 Å². The predicted molar refractivity (Wildman–Crippen MR) is 110 cm³/mol. The minimum Gasteiger partial charge on any atom is -0.368 e. The molecule has 5 heteroatoms. The molecule has 0 aliphatic carbocycles. The van der Waals surface area contributed by atoms with E-state index in [1.54, 1.807) is 6.20 Å². The lowest BCUT2D eigenvalue weighted by Crippen LogP contribution is -2.47. The van der Waals surface area contributed by atoms with Crippen molar-refractivity contribution in [2.45, 2.75) is 32.4 Å². The number of nitrogens with zero attached hydrogens (tertiary/aromatic N) is 4. The van der Waals surface area contributed by atoms with Gasteiger partial charge in [-0.2, -0.15) is 0 Å². The molecule has 2 atom stereocenters. The maximum Gasteiger partial charge on any atom is 0.228 e. The Balaban J connectivity index is 1.50. The van der Waals surface area contributed by atoms with Gasteiger partial charge in [0.05, 0.1) is 23.7 Å². The molecule has 2 bridgehead atoms. The molecule has 5 nitrogen and oxygen atoms in total. The van der Waals surface area contributed by atoms with Crippen LogP contribution in [0.3, 0.4) is 0 Å². The van der Waals surface area contributed by atoms with Crippen molar-refractivity contribution in [3.63, 3.8) is 0 Å². The second-order valence-electron chi connectivity index (χ2n) is 7.92. The predicted octanol–water partition coefficient (Wildman–Crippen LogP) is 3.57. The zero-order valence-electron chi connectivity index (χ0n) is 16.1. The van der Waals surface area contributed by atoms with Gasteiger partial charge in [0.25, 0.3) is 0 Å². The molecule has 0 N–H and O–H groups in total. The molecule has 3 fully saturated rings. The third kappa shape index (κ3) is 3.01. The lowest BCUT2D eigenvalue weighted by atomic mass is 9.94. The van der Waals surface area contributed by atoms with E-state index < -0.39 is 0 Å². The molecule has 5 heterocycles. The topological polar surface area (TPSA) is 49.3 Å². The van der Waals surface area contributed by atoms with Crippen molar-refractivity contribution in [2.24, 2.45) is 5.92 Å². The van der Waals surface area contributed by atoms with Gasteiger partial charge in [-0.05, 0) is 44.0 Å². The highest BCUT2D eigenvalue weighted by Crippen LogP contribution is 2.35. The van der Waals surface area contributed by atoms with Gasteiger partial charge in [0.15, 0.2) is 0 Å². The largest absolute Gasteiger partial charge is 0.368 e. The number of piperidine rings is 1. The average Bonchev–Trinajstić information content (AvgIpc) is 3.00. The third-order valence-electron chi connectivity index (χ3n) is 6.01. The molecule has 0 unspecified atom stereocenters. The fourth-order valence-electron chi connectivity index (χ4n) is 4.66. The molecule has 142 valence electrons. The van der Waals surface area contributed by atoms with E-state index in [1.165, 1.54) is 5.69 Å². The lowest BCUT2D eigenvalue weighted by Gasteiger charge is -2.35. The Morgan fingerprint density at radius 1 is 1.07 bits per heavy atom. The van der Waals surface area contributed by atoms with Gasteiger partial charge in [-0.3, -0.25) is 14.8 Å². The molecule has 3 aromatic rings. The van der Waals surface area contributed by atoms with E-state index in [-0.39, 0.29) is 17.9 Å². The maximum atomic E-state index is 13.2. The number of carbonyl (C=O) groups is 1. The summed E-state index contributed by atoms with van der Waals surface area (Å²) in [6, 6.07) is 16.6. The van der Waals surface area contributed by atoms with Crippen molar-refractivity contribution >= 4 is 22.5 Å². The molecular weight excluding hydrogens is 348 g/mol. The summed E-state index contributed by atoms with van der Waals surface area (Å²) in [6.07, 6.45) is 3.83. The number of hydrogen-bond donors (Lipinski definition) is 0. The van der Waals surface area contributed by atoms with Crippen LogP contribution in [0, 0.1) is 12.8 Å². The van der Waals surface area contributed by atoms with Crippen molar-refractivity contribution in [2.75, 3.05) is 18.0 Å². The van der Waals surface area contributed by atoms with E-state index in [0.29, 0.717) is 6.54 Å². The Morgan fingerprint density at radius 2 is 1.93 bits per heavy atom. The Hall–Kier alpha value is -2.95. The number of hydrogen-bond acceptors (Lipinski definition) is 4. The summed E-state index contributed by atoms with van der Waals surface area (Å²) >= 11 is 0. The van der Waals surface area contributed by atoms with Crippen LogP contribution in [0.15, 0.2) is 54.7 Å². The highest BCUT2D eigenvalue weighted by Gasteiger charge is 2.41. The summed E-state index contributed by atoms with van der Waals surface area (Å²) in [4.78, 5) is 26.8. The number of aryl methyl sites for hydroxylation is 1. The van der Waals surface area contributed by atoms with Crippen LogP contribution in [0.5, 0.6) is 0 Å². The normalized spacial score (nSPS) is 22.0. The Morgan fingerprint density at radius 3 is 2.79 bits per heavy atom. The van der Waals surface area contributed by atoms with Gasteiger partial charge >= 0.3 is 0 Å². The van der Waals surface area contributed by atoms with Gasteiger partial charge < -0.3 is 9.80 Å². The molecule has 1 aromatic carbocycles. The molecule has 6 rings (SSSR count). The van der Waals surface area contributed by atoms with Gasteiger partial charge in [0.1, 0.15) is 0 Å². The van der Waals surface area contributed by atoms with Gasteiger partial charge in [-0.25, -0.2) is 0 Å². The van der Waals surface area contributed by atoms with Gasteiger partial charge in [-0.1, -0.05) is 24.3 Å². The van der Waals surface area contributed by atoms with Crippen LogP contribution in [0.2, 0.25) is 0 Å². The summed E-state index contributed by atoms with van der Waals surface area (Å²) in [7, 11) is 0. The number of aromatic nitrogens is 2. The molecule has 0 spiro atoms. The Kier molecular flexibility index (Phi) is 4.23. The van der Waals surface area contributed by atoms with Crippen LogP contribution < -0.4 is 4.90 Å². The summed E-state index contributed by atoms with van der Waals surface area (Å²) in [5.41, 5.74) is 4.19. The fourth-order valence-corrected chi connectivity index (χ4v) is 4.66. The second kappa shape index (κ2) is 6.89. The minimum absolute atomic E-state index is 0.0506. The van der Waals surface area contributed by atoms with Crippen molar-refractivity contribution in [3.05, 3.63) is 66.1 Å². The quantitative estimate of drug-likeness (QED) is 0.705. The standard InChI is InChI=1S/C23H24N4O/c1-16-12-22(20-7-2-3-8-21(20)25-16)26-13-17-9-10-19(15-26)27(23(17)28)14-18-6-4-5-11-24-18/h2-8,11-12,17,19H,9-10,13-15H2,1H3/t17-,19+/m0/s1. The van der Waals surface area contributed by atoms with Crippen LogP contribution in [0.1, 0.15) is 24.2 Å². The number of para-hydroxylation sites is 1. The van der Waals surface area contributed by atoms with Crippen LogP contribution >= 0.6 is 0 Å². The number of rotatable bonds is 3. The molecule has 3 aliphatic rings. The fraction of sp³-hybridized carbons (Fsp3) is 0.348.